The number of nitrogens with zero attached hydrogens (tertiary/aromatic N) is 2. The van der Waals surface area contributed by atoms with Crippen LogP contribution in [0.5, 0.6) is 0 Å². The summed E-state index contributed by atoms with van der Waals surface area (Å²) >= 11 is 6.00. The van der Waals surface area contributed by atoms with Crippen LogP contribution in [0.1, 0.15) is 43.6 Å². The van der Waals surface area contributed by atoms with Crippen LogP contribution < -0.4 is 5.32 Å². The summed E-state index contributed by atoms with van der Waals surface area (Å²) in [4.78, 5) is 8.55. The van der Waals surface area contributed by atoms with Gasteiger partial charge >= 0.3 is 0 Å². The van der Waals surface area contributed by atoms with Crippen LogP contribution in [0.2, 0.25) is 5.02 Å². The zero-order valence-corrected chi connectivity index (χ0v) is 13.1. The summed E-state index contributed by atoms with van der Waals surface area (Å²) in [6, 6.07) is 8.68. The summed E-state index contributed by atoms with van der Waals surface area (Å²) in [6.07, 6.45) is 6.54. The molecule has 1 aromatic carbocycles. The molecule has 4 heteroatoms. The second kappa shape index (κ2) is 6.12. The fourth-order valence-electron chi connectivity index (χ4n) is 2.84. The maximum absolute atomic E-state index is 6.00. The van der Waals surface area contributed by atoms with Crippen molar-refractivity contribution in [2.24, 2.45) is 11.8 Å². The fourth-order valence-corrected chi connectivity index (χ4v) is 2.97. The molecule has 110 valence electrons. The molecule has 0 radical (unpaired) electrons. The molecule has 0 unspecified atom stereocenters. The third-order valence-electron chi connectivity index (χ3n) is 4.29. The van der Waals surface area contributed by atoms with Gasteiger partial charge in [-0.1, -0.05) is 30.7 Å². The third-order valence-corrected chi connectivity index (χ3v) is 4.54. The lowest BCUT2D eigenvalue weighted by atomic mass is 10.00. The summed E-state index contributed by atoms with van der Waals surface area (Å²) in [5, 5.41) is 4.50. The van der Waals surface area contributed by atoms with Crippen LogP contribution in [-0.2, 0) is 0 Å². The molecule has 0 saturated heterocycles. The van der Waals surface area contributed by atoms with Crippen LogP contribution >= 0.6 is 11.6 Å². The van der Waals surface area contributed by atoms with Crippen molar-refractivity contribution in [2.45, 2.75) is 32.4 Å². The molecule has 0 bridgehead atoms. The van der Waals surface area contributed by atoms with Crippen molar-refractivity contribution in [3.63, 3.8) is 0 Å². The lowest BCUT2D eigenvalue weighted by Gasteiger charge is -2.24. The van der Waals surface area contributed by atoms with E-state index in [0.29, 0.717) is 12.0 Å². The van der Waals surface area contributed by atoms with Gasteiger partial charge in [0.15, 0.2) is 0 Å². The highest BCUT2D eigenvalue weighted by Gasteiger charge is 2.40. The van der Waals surface area contributed by atoms with E-state index in [4.69, 9.17) is 11.6 Å². The Labute approximate surface area is 130 Å². The summed E-state index contributed by atoms with van der Waals surface area (Å²) in [6.45, 7) is 4.45. The van der Waals surface area contributed by atoms with E-state index in [2.05, 4.69) is 41.3 Å². The molecule has 1 aliphatic rings. The molecule has 1 saturated carbocycles. The van der Waals surface area contributed by atoms with Crippen molar-refractivity contribution < 1.29 is 0 Å². The van der Waals surface area contributed by atoms with Gasteiger partial charge in [0.1, 0.15) is 0 Å². The number of hydrogen-bond acceptors (Lipinski definition) is 3. The Hall–Kier alpha value is -1.45. The van der Waals surface area contributed by atoms with Crippen LogP contribution in [0.25, 0.3) is 0 Å². The van der Waals surface area contributed by atoms with Crippen molar-refractivity contribution in [1.29, 1.82) is 0 Å². The van der Waals surface area contributed by atoms with Crippen LogP contribution in [0.3, 0.4) is 0 Å². The van der Waals surface area contributed by atoms with Crippen molar-refractivity contribution >= 4 is 11.6 Å². The second-order valence-corrected chi connectivity index (χ2v) is 6.36. The molecule has 0 amide bonds. The summed E-state index contributed by atoms with van der Waals surface area (Å²) in [7, 11) is 0. The van der Waals surface area contributed by atoms with E-state index in [9.17, 15) is 0 Å². The number of benzene rings is 1. The first kappa shape index (κ1) is 14.5. The smallest absolute Gasteiger partial charge is 0.0753 e. The Balaban J connectivity index is 1.79. The van der Waals surface area contributed by atoms with E-state index in [-0.39, 0.29) is 6.04 Å². The van der Waals surface area contributed by atoms with E-state index < -0.39 is 0 Å². The van der Waals surface area contributed by atoms with Gasteiger partial charge in [0.2, 0.25) is 0 Å². The van der Waals surface area contributed by atoms with E-state index in [1.807, 2.05) is 18.3 Å². The van der Waals surface area contributed by atoms with E-state index in [1.165, 1.54) is 12.0 Å². The molecule has 0 aliphatic heterocycles. The van der Waals surface area contributed by atoms with Gasteiger partial charge in [0.25, 0.3) is 0 Å². The quantitative estimate of drug-likeness (QED) is 0.900. The molecular weight excluding hydrogens is 282 g/mol. The minimum atomic E-state index is 0.173. The highest BCUT2D eigenvalue weighted by atomic mass is 35.5. The lowest BCUT2D eigenvalue weighted by Crippen LogP contribution is -2.27. The molecule has 1 aromatic heterocycles. The summed E-state index contributed by atoms with van der Waals surface area (Å²) in [5.74, 6) is 1.46. The number of rotatable bonds is 5. The predicted octanol–water partition coefficient (Wildman–Crippen LogP) is 4.18. The fraction of sp³-hybridized carbons (Fsp3) is 0.412. The highest BCUT2D eigenvalue weighted by Crippen LogP contribution is 2.47. The van der Waals surface area contributed by atoms with Crippen LogP contribution in [0.4, 0.5) is 0 Å². The molecule has 1 fully saturated rings. The van der Waals surface area contributed by atoms with Gasteiger partial charge in [-0.3, -0.25) is 9.97 Å². The molecule has 0 spiro atoms. The number of hydrogen-bond donors (Lipinski definition) is 1. The van der Waals surface area contributed by atoms with Crippen molar-refractivity contribution in [2.75, 3.05) is 0 Å². The Morgan fingerprint density at radius 2 is 1.95 bits per heavy atom. The van der Waals surface area contributed by atoms with Gasteiger partial charge in [-0.25, -0.2) is 0 Å². The van der Waals surface area contributed by atoms with Crippen LogP contribution in [0, 0.1) is 11.8 Å². The molecule has 3 nitrogen and oxygen atoms in total. The normalized spacial score (nSPS) is 23.6. The molecule has 1 aliphatic carbocycles. The number of halogens is 1. The standard InChI is InChI=1S/C17H20ClN3/c1-11-9-15(11)17(13-3-5-14(18)6-4-13)21-12(2)16-10-19-7-8-20-16/h3-8,10-12,15,17,21H,9H2,1-2H3/t11-,12+,15+,17-/m1/s1. The topological polar surface area (TPSA) is 37.8 Å². The molecule has 2 aromatic rings. The minimum Gasteiger partial charge on any atom is -0.302 e. The molecular formula is C17H20ClN3. The second-order valence-electron chi connectivity index (χ2n) is 5.92. The highest BCUT2D eigenvalue weighted by molar-refractivity contribution is 6.30. The first-order chi connectivity index (χ1) is 10.1. The van der Waals surface area contributed by atoms with Gasteiger partial charge in [0, 0.05) is 35.7 Å². The van der Waals surface area contributed by atoms with Gasteiger partial charge in [-0.05, 0) is 42.9 Å². The first-order valence-corrected chi connectivity index (χ1v) is 7.80. The zero-order chi connectivity index (χ0) is 14.8. The van der Waals surface area contributed by atoms with Crippen molar-refractivity contribution in [1.82, 2.24) is 15.3 Å². The predicted molar refractivity (Wildman–Crippen MR) is 85.0 cm³/mol. The Morgan fingerprint density at radius 1 is 1.24 bits per heavy atom. The molecule has 21 heavy (non-hydrogen) atoms. The van der Waals surface area contributed by atoms with E-state index in [1.54, 1.807) is 12.4 Å². The van der Waals surface area contributed by atoms with Crippen molar-refractivity contribution in [3.8, 4) is 0 Å². The zero-order valence-electron chi connectivity index (χ0n) is 12.3. The van der Waals surface area contributed by atoms with Crippen LogP contribution in [-0.4, -0.2) is 9.97 Å². The van der Waals surface area contributed by atoms with E-state index in [0.717, 1.165) is 16.6 Å². The SMILES string of the molecule is C[C@H](N[C@H](c1ccc(Cl)cc1)[C@H]1C[C@H]1C)c1cnccn1. The van der Waals surface area contributed by atoms with Gasteiger partial charge < -0.3 is 5.32 Å². The maximum Gasteiger partial charge on any atom is 0.0753 e. The Bertz CT molecular complexity index is 585. The Kier molecular flexibility index (Phi) is 4.22. The summed E-state index contributed by atoms with van der Waals surface area (Å²) < 4.78 is 0. The van der Waals surface area contributed by atoms with Crippen LogP contribution in [0.15, 0.2) is 42.9 Å². The monoisotopic (exact) mass is 301 g/mol. The number of nitrogens with one attached hydrogen (secondary N) is 1. The molecule has 4 atom stereocenters. The van der Waals surface area contributed by atoms with Gasteiger partial charge in [-0.15, -0.1) is 0 Å². The minimum absolute atomic E-state index is 0.173. The third kappa shape index (κ3) is 3.42. The first-order valence-electron chi connectivity index (χ1n) is 7.42. The van der Waals surface area contributed by atoms with E-state index >= 15 is 0 Å². The Morgan fingerprint density at radius 3 is 2.52 bits per heavy atom. The maximum atomic E-state index is 6.00. The summed E-state index contributed by atoms with van der Waals surface area (Å²) in [5.41, 5.74) is 2.27. The van der Waals surface area contributed by atoms with Crippen molar-refractivity contribution in [3.05, 3.63) is 59.1 Å². The average Bonchev–Trinajstić information content (AvgIpc) is 3.23. The lowest BCUT2D eigenvalue weighted by molar-refractivity contribution is 0.409. The molecule has 3 rings (SSSR count). The average molecular weight is 302 g/mol. The molecule has 1 N–H and O–H groups in total. The molecule has 1 heterocycles. The largest absolute Gasteiger partial charge is 0.302 e. The van der Waals surface area contributed by atoms with Gasteiger partial charge in [0.05, 0.1) is 5.69 Å². The van der Waals surface area contributed by atoms with Gasteiger partial charge in [-0.2, -0.15) is 0 Å². The number of aromatic nitrogens is 2.